The first-order chi connectivity index (χ1) is 12.9. The highest BCUT2D eigenvalue weighted by atomic mass is 16.6. The zero-order chi connectivity index (χ0) is 20.0. The Kier molecular flexibility index (Phi) is 6.12. The summed E-state index contributed by atoms with van der Waals surface area (Å²) in [5, 5.41) is 20.3. The molecule has 0 atom stereocenters. The normalized spacial score (nSPS) is 10.7. The maximum absolute atomic E-state index is 12.6. The standard InChI is InChI=1S/C19H16N2O6/c1-25-16-10-18(27-3)17(26-2)9-13(16)7-14(11-20)19(22)12-5-4-6-15(8-12)21(23)24/h4-10H,1-3H3/b14-7+. The van der Waals surface area contributed by atoms with Gasteiger partial charge < -0.3 is 14.2 Å². The van der Waals surface area contributed by atoms with Gasteiger partial charge in [0.05, 0.1) is 26.3 Å². The summed E-state index contributed by atoms with van der Waals surface area (Å²) in [4.78, 5) is 22.9. The lowest BCUT2D eigenvalue weighted by atomic mass is 10.0. The van der Waals surface area contributed by atoms with Crippen LogP contribution < -0.4 is 14.2 Å². The highest BCUT2D eigenvalue weighted by Gasteiger charge is 2.18. The van der Waals surface area contributed by atoms with E-state index in [-0.39, 0.29) is 16.8 Å². The van der Waals surface area contributed by atoms with Gasteiger partial charge >= 0.3 is 0 Å². The number of nitrogens with zero attached hydrogens (tertiary/aromatic N) is 2. The van der Waals surface area contributed by atoms with Gasteiger partial charge in [-0.2, -0.15) is 5.26 Å². The molecular formula is C19H16N2O6. The van der Waals surface area contributed by atoms with Crippen LogP contribution in [0.2, 0.25) is 0 Å². The van der Waals surface area contributed by atoms with Gasteiger partial charge in [0, 0.05) is 29.3 Å². The van der Waals surface area contributed by atoms with Gasteiger partial charge in [-0.15, -0.1) is 0 Å². The first kappa shape index (κ1) is 19.5. The molecule has 0 spiro atoms. The molecule has 0 fully saturated rings. The Hall–Kier alpha value is -3.86. The smallest absolute Gasteiger partial charge is 0.270 e. The molecule has 27 heavy (non-hydrogen) atoms. The van der Waals surface area contributed by atoms with Gasteiger partial charge in [0.25, 0.3) is 5.69 Å². The van der Waals surface area contributed by atoms with Gasteiger partial charge in [0.15, 0.2) is 11.5 Å². The van der Waals surface area contributed by atoms with Crippen LogP contribution >= 0.6 is 0 Å². The number of Topliss-reactive ketones (excluding diaryl/α,β-unsaturated/α-hetero) is 1. The van der Waals surface area contributed by atoms with Crippen molar-refractivity contribution in [1.82, 2.24) is 0 Å². The molecule has 8 nitrogen and oxygen atoms in total. The topological polar surface area (TPSA) is 112 Å². The molecule has 0 heterocycles. The Balaban J connectivity index is 2.53. The highest BCUT2D eigenvalue weighted by Crippen LogP contribution is 2.35. The van der Waals surface area contributed by atoms with E-state index >= 15 is 0 Å². The van der Waals surface area contributed by atoms with Gasteiger partial charge in [-0.3, -0.25) is 14.9 Å². The van der Waals surface area contributed by atoms with Crippen molar-refractivity contribution in [2.24, 2.45) is 0 Å². The van der Waals surface area contributed by atoms with Crippen molar-refractivity contribution in [2.75, 3.05) is 21.3 Å². The van der Waals surface area contributed by atoms with Crippen LogP contribution in [0.4, 0.5) is 5.69 Å². The number of benzene rings is 2. The van der Waals surface area contributed by atoms with E-state index in [1.165, 1.54) is 45.6 Å². The summed E-state index contributed by atoms with van der Waals surface area (Å²) in [6.07, 6.45) is 1.34. The molecular weight excluding hydrogens is 352 g/mol. The molecule has 0 aliphatic carbocycles. The summed E-state index contributed by atoms with van der Waals surface area (Å²) in [5.41, 5.74) is 0.0183. The fourth-order valence-electron chi connectivity index (χ4n) is 2.39. The first-order valence-corrected chi connectivity index (χ1v) is 7.66. The predicted molar refractivity (Wildman–Crippen MR) is 97.1 cm³/mol. The van der Waals surface area contributed by atoms with Gasteiger partial charge in [0.2, 0.25) is 5.78 Å². The van der Waals surface area contributed by atoms with E-state index in [2.05, 4.69) is 0 Å². The van der Waals surface area contributed by atoms with Crippen molar-refractivity contribution in [1.29, 1.82) is 5.26 Å². The molecule has 138 valence electrons. The lowest BCUT2D eigenvalue weighted by Gasteiger charge is -2.12. The molecule has 0 bridgehead atoms. The summed E-state index contributed by atoms with van der Waals surface area (Å²) < 4.78 is 15.7. The van der Waals surface area contributed by atoms with Crippen molar-refractivity contribution in [3.05, 3.63) is 63.2 Å². The van der Waals surface area contributed by atoms with Gasteiger partial charge in [0.1, 0.15) is 17.4 Å². The Labute approximate surface area is 155 Å². The van der Waals surface area contributed by atoms with E-state index in [4.69, 9.17) is 14.2 Å². The molecule has 0 aromatic heterocycles. The zero-order valence-electron chi connectivity index (χ0n) is 14.9. The molecule has 0 amide bonds. The monoisotopic (exact) mass is 368 g/mol. The Morgan fingerprint density at radius 2 is 1.70 bits per heavy atom. The maximum atomic E-state index is 12.6. The largest absolute Gasteiger partial charge is 0.496 e. The number of nitro groups is 1. The highest BCUT2D eigenvalue weighted by molar-refractivity contribution is 6.14. The number of carbonyl (C=O) groups excluding carboxylic acids is 1. The van der Waals surface area contributed by atoms with Crippen molar-refractivity contribution >= 4 is 17.5 Å². The number of hydrogen-bond donors (Lipinski definition) is 0. The minimum atomic E-state index is -0.641. The number of methoxy groups -OCH3 is 3. The third-order valence-corrected chi connectivity index (χ3v) is 3.72. The van der Waals surface area contributed by atoms with Crippen molar-refractivity contribution < 1.29 is 23.9 Å². The Morgan fingerprint density at radius 3 is 2.26 bits per heavy atom. The fraction of sp³-hybridized carbons (Fsp3) is 0.158. The molecule has 0 aliphatic heterocycles. The average molecular weight is 368 g/mol. The van der Waals surface area contributed by atoms with E-state index < -0.39 is 10.7 Å². The molecule has 0 radical (unpaired) electrons. The Morgan fingerprint density at radius 1 is 1.07 bits per heavy atom. The fourth-order valence-corrected chi connectivity index (χ4v) is 2.39. The molecule has 0 N–H and O–H groups in total. The number of nitriles is 1. The molecule has 0 aliphatic rings. The predicted octanol–water partition coefficient (Wildman–Crippen LogP) is 3.41. The number of ether oxygens (including phenoxy) is 3. The van der Waals surface area contributed by atoms with Crippen molar-refractivity contribution in [3.8, 4) is 23.3 Å². The van der Waals surface area contributed by atoms with E-state index in [1.807, 2.05) is 6.07 Å². The molecule has 2 aromatic rings. The number of hydrogen-bond acceptors (Lipinski definition) is 7. The van der Waals surface area contributed by atoms with Crippen LogP contribution in [-0.2, 0) is 0 Å². The summed E-state index contributed by atoms with van der Waals surface area (Å²) >= 11 is 0. The molecule has 2 rings (SSSR count). The number of non-ortho nitro benzene ring substituents is 1. The number of ketones is 1. The molecule has 0 saturated carbocycles. The number of allylic oxidation sites excluding steroid dienone is 1. The lowest BCUT2D eigenvalue weighted by Crippen LogP contribution is -2.03. The molecule has 0 saturated heterocycles. The zero-order valence-corrected chi connectivity index (χ0v) is 14.9. The second kappa shape index (κ2) is 8.49. The second-order valence-electron chi connectivity index (χ2n) is 5.26. The van der Waals surface area contributed by atoms with Crippen molar-refractivity contribution in [2.45, 2.75) is 0 Å². The van der Waals surface area contributed by atoms with Crippen LogP contribution in [0.25, 0.3) is 6.08 Å². The minimum Gasteiger partial charge on any atom is -0.496 e. The van der Waals surface area contributed by atoms with E-state index in [1.54, 1.807) is 12.1 Å². The number of carbonyl (C=O) groups is 1. The quantitative estimate of drug-likeness (QED) is 0.242. The molecule has 8 heteroatoms. The maximum Gasteiger partial charge on any atom is 0.270 e. The van der Waals surface area contributed by atoms with E-state index in [9.17, 15) is 20.2 Å². The first-order valence-electron chi connectivity index (χ1n) is 7.66. The SMILES string of the molecule is COc1cc(OC)c(OC)cc1/C=C(\C#N)C(=O)c1cccc([N+](=O)[O-])c1. The summed E-state index contributed by atoms with van der Waals surface area (Å²) in [6, 6.07) is 10.1. The Bertz CT molecular complexity index is 959. The van der Waals surface area contributed by atoms with Crippen LogP contribution in [0, 0.1) is 21.4 Å². The second-order valence-corrected chi connectivity index (χ2v) is 5.26. The van der Waals surface area contributed by atoms with Crippen LogP contribution in [0.1, 0.15) is 15.9 Å². The molecule has 0 unspecified atom stereocenters. The number of rotatable bonds is 7. The summed E-state index contributed by atoms with van der Waals surface area (Å²) in [7, 11) is 4.36. The summed E-state index contributed by atoms with van der Waals surface area (Å²) in [6.45, 7) is 0. The van der Waals surface area contributed by atoms with Gasteiger partial charge in [-0.25, -0.2) is 0 Å². The molecule has 2 aromatic carbocycles. The minimum absolute atomic E-state index is 0.0384. The van der Waals surface area contributed by atoms with Gasteiger partial charge in [-0.1, -0.05) is 12.1 Å². The average Bonchev–Trinajstić information content (AvgIpc) is 2.70. The lowest BCUT2D eigenvalue weighted by molar-refractivity contribution is -0.384. The van der Waals surface area contributed by atoms with Crippen LogP contribution in [0.3, 0.4) is 0 Å². The van der Waals surface area contributed by atoms with Crippen LogP contribution in [0.5, 0.6) is 17.2 Å². The van der Waals surface area contributed by atoms with E-state index in [0.29, 0.717) is 22.8 Å². The van der Waals surface area contributed by atoms with Crippen LogP contribution in [0.15, 0.2) is 42.0 Å². The summed E-state index contributed by atoms with van der Waals surface area (Å²) in [5.74, 6) is 0.546. The van der Waals surface area contributed by atoms with Gasteiger partial charge in [-0.05, 0) is 12.1 Å². The number of nitro benzene ring substituents is 1. The van der Waals surface area contributed by atoms with Crippen molar-refractivity contribution in [3.63, 3.8) is 0 Å². The van der Waals surface area contributed by atoms with Crippen LogP contribution in [-0.4, -0.2) is 32.0 Å². The third-order valence-electron chi connectivity index (χ3n) is 3.72. The van der Waals surface area contributed by atoms with E-state index in [0.717, 1.165) is 6.07 Å². The third kappa shape index (κ3) is 4.22.